The molecule has 5 heteroatoms. The minimum Gasteiger partial charge on any atom is -0.361 e. The third-order valence-corrected chi connectivity index (χ3v) is 5.01. The van der Waals surface area contributed by atoms with Gasteiger partial charge in [-0.3, -0.25) is 4.90 Å². The van der Waals surface area contributed by atoms with E-state index in [0.29, 0.717) is 6.04 Å². The summed E-state index contributed by atoms with van der Waals surface area (Å²) < 4.78 is 0. The van der Waals surface area contributed by atoms with Crippen molar-refractivity contribution in [2.24, 2.45) is 0 Å². The highest BCUT2D eigenvalue weighted by Crippen LogP contribution is 2.24. The third-order valence-electron chi connectivity index (χ3n) is 5.01. The first kappa shape index (κ1) is 15.1. The van der Waals surface area contributed by atoms with E-state index < -0.39 is 0 Å². The van der Waals surface area contributed by atoms with E-state index in [9.17, 15) is 0 Å². The van der Waals surface area contributed by atoms with Crippen LogP contribution in [-0.4, -0.2) is 46.0 Å². The number of anilines is 1. The summed E-state index contributed by atoms with van der Waals surface area (Å²) in [5.74, 6) is 1.02. The maximum Gasteiger partial charge on any atom is 0.132 e. The van der Waals surface area contributed by atoms with Crippen LogP contribution in [0.25, 0.3) is 10.9 Å². The fourth-order valence-electron chi connectivity index (χ4n) is 3.60. The Morgan fingerprint density at radius 2 is 2.17 bits per heavy atom. The Morgan fingerprint density at radius 3 is 3.04 bits per heavy atom. The molecule has 5 nitrogen and oxygen atoms in total. The minimum absolute atomic E-state index is 0.504. The van der Waals surface area contributed by atoms with Crippen LogP contribution in [0.15, 0.2) is 42.9 Å². The van der Waals surface area contributed by atoms with Gasteiger partial charge in [-0.2, -0.15) is 0 Å². The molecule has 1 aromatic carbocycles. The van der Waals surface area contributed by atoms with Crippen LogP contribution in [0.1, 0.15) is 17.7 Å². The lowest BCUT2D eigenvalue weighted by Gasteiger charge is -2.26. The number of aromatic nitrogens is 3. The monoisotopic (exact) mass is 321 g/mol. The molecule has 1 unspecified atom stereocenters. The molecule has 1 N–H and O–H groups in total. The highest BCUT2D eigenvalue weighted by atomic mass is 15.3. The fraction of sp³-hybridized carbons (Fsp3) is 0.368. The average Bonchev–Trinajstić information content (AvgIpc) is 3.22. The molecule has 0 bridgehead atoms. The molecule has 1 saturated heterocycles. The normalized spacial score (nSPS) is 18.3. The molecule has 1 aliphatic heterocycles. The number of nitrogens with one attached hydrogen (secondary N) is 1. The molecule has 1 fully saturated rings. The van der Waals surface area contributed by atoms with Gasteiger partial charge in [0, 0.05) is 61.6 Å². The van der Waals surface area contributed by atoms with E-state index in [1.54, 1.807) is 6.33 Å². The van der Waals surface area contributed by atoms with Gasteiger partial charge in [-0.15, -0.1) is 0 Å². The first-order valence-electron chi connectivity index (χ1n) is 8.49. The van der Waals surface area contributed by atoms with Crippen LogP contribution < -0.4 is 4.90 Å². The van der Waals surface area contributed by atoms with E-state index in [1.165, 1.54) is 22.9 Å². The van der Waals surface area contributed by atoms with Gasteiger partial charge >= 0.3 is 0 Å². The van der Waals surface area contributed by atoms with Gasteiger partial charge in [0.25, 0.3) is 0 Å². The minimum atomic E-state index is 0.504. The van der Waals surface area contributed by atoms with Crippen LogP contribution >= 0.6 is 0 Å². The molecule has 1 aliphatic rings. The molecule has 124 valence electrons. The summed E-state index contributed by atoms with van der Waals surface area (Å²) in [5, 5.41) is 1.33. The molecule has 24 heavy (non-hydrogen) atoms. The number of benzene rings is 1. The van der Waals surface area contributed by atoms with Crippen molar-refractivity contribution in [2.75, 3.05) is 25.0 Å². The number of para-hydroxylation sites is 1. The summed E-state index contributed by atoms with van der Waals surface area (Å²) in [5.41, 5.74) is 3.61. The maximum atomic E-state index is 4.42. The topological polar surface area (TPSA) is 48.0 Å². The van der Waals surface area contributed by atoms with Gasteiger partial charge in [0.1, 0.15) is 12.1 Å². The van der Waals surface area contributed by atoms with Crippen molar-refractivity contribution in [1.29, 1.82) is 0 Å². The van der Waals surface area contributed by atoms with Crippen molar-refractivity contribution in [1.82, 2.24) is 19.9 Å². The Hall–Kier alpha value is -2.40. The van der Waals surface area contributed by atoms with E-state index in [1.807, 2.05) is 6.92 Å². The molecule has 0 aliphatic carbocycles. The van der Waals surface area contributed by atoms with Crippen molar-refractivity contribution in [3.8, 4) is 0 Å². The summed E-state index contributed by atoms with van der Waals surface area (Å²) in [6, 6.07) is 11.1. The summed E-state index contributed by atoms with van der Waals surface area (Å²) in [6.45, 7) is 5.20. The number of likely N-dealkylation sites (tertiary alicyclic amines) is 1. The first-order chi connectivity index (χ1) is 11.7. The Bertz CT molecular complexity index is 840. The van der Waals surface area contributed by atoms with Gasteiger partial charge in [0.05, 0.1) is 0 Å². The van der Waals surface area contributed by atoms with Crippen molar-refractivity contribution >= 4 is 16.7 Å². The molecule has 0 radical (unpaired) electrons. The van der Waals surface area contributed by atoms with E-state index in [-0.39, 0.29) is 0 Å². The second-order valence-corrected chi connectivity index (χ2v) is 6.67. The summed E-state index contributed by atoms with van der Waals surface area (Å²) in [6.07, 6.45) is 4.97. The van der Waals surface area contributed by atoms with Crippen molar-refractivity contribution in [3.05, 3.63) is 54.1 Å². The molecular weight excluding hydrogens is 298 g/mol. The lowest BCUT2D eigenvalue weighted by atomic mass is 10.1. The van der Waals surface area contributed by atoms with E-state index >= 15 is 0 Å². The number of aryl methyl sites for hydroxylation is 1. The Balaban J connectivity index is 1.45. The lowest BCUT2D eigenvalue weighted by molar-refractivity contribution is 0.327. The zero-order chi connectivity index (χ0) is 16.5. The third kappa shape index (κ3) is 2.87. The standard InChI is InChI=1S/C19H23N5/c1-14-9-19(22-13-21-14)23(2)16-7-8-24(12-16)11-15-10-20-18-6-4-3-5-17(15)18/h3-6,9-10,13,16,20H,7-8,11-12H2,1-2H3. The fourth-order valence-corrected chi connectivity index (χ4v) is 3.60. The molecule has 3 aromatic rings. The number of rotatable bonds is 4. The zero-order valence-electron chi connectivity index (χ0n) is 14.2. The molecule has 2 aromatic heterocycles. The summed E-state index contributed by atoms with van der Waals surface area (Å²) in [7, 11) is 2.14. The average molecular weight is 321 g/mol. The Kier molecular flexibility index (Phi) is 3.94. The van der Waals surface area contributed by atoms with Crippen LogP contribution in [-0.2, 0) is 6.54 Å². The molecule has 0 saturated carbocycles. The zero-order valence-corrected chi connectivity index (χ0v) is 14.2. The van der Waals surface area contributed by atoms with E-state index in [0.717, 1.165) is 31.1 Å². The van der Waals surface area contributed by atoms with Crippen LogP contribution in [0.4, 0.5) is 5.82 Å². The number of hydrogen-bond acceptors (Lipinski definition) is 4. The van der Waals surface area contributed by atoms with Crippen LogP contribution in [0, 0.1) is 6.92 Å². The number of fused-ring (bicyclic) bond motifs is 1. The quantitative estimate of drug-likeness (QED) is 0.802. The second-order valence-electron chi connectivity index (χ2n) is 6.67. The van der Waals surface area contributed by atoms with Gasteiger partial charge in [-0.25, -0.2) is 9.97 Å². The highest BCUT2D eigenvalue weighted by molar-refractivity contribution is 5.82. The van der Waals surface area contributed by atoms with Crippen molar-refractivity contribution in [2.45, 2.75) is 25.9 Å². The summed E-state index contributed by atoms with van der Waals surface area (Å²) in [4.78, 5) is 16.8. The number of nitrogens with zero attached hydrogens (tertiary/aromatic N) is 4. The highest BCUT2D eigenvalue weighted by Gasteiger charge is 2.27. The molecule has 4 rings (SSSR count). The molecule has 0 amide bonds. The van der Waals surface area contributed by atoms with Gasteiger partial charge < -0.3 is 9.88 Å². The molecular formula is C19H23N5. The molecule has 1 atom stereocenters. The number of aromatic amines is 1. The number of H-pyrrole nitrogens is 1. The van der Waals surface area contributed by atoms with Gasteiger partial charge in [0.15, 0.2) is 0 Å². The van der Waals surface area contributed by atoms with Crippen molar-refractivity contribution in [3.63, 3.8) is 0 Å². The predicted octanol–water partition coefficient (Wildman–Crippen LogP) is 2.98. The summed E-state index contributed by atoms with van der Waals surface area (Å²) >= 11 is 0. The van der Waals surface area contributed by atoms with Crippen LogP contribution in [0.3, 0.4) is 0 Å². The number of likely N-dealkylation sites (N-methyl/N-ethyl adjacent to an activating group) is 1. The van der Waals surface area contributed by atoms with Gasteiger partial charge in [0.2, 0.25) is 0 Å². The van der Waals surface area contributed by atoms with Crippen LogP contribution in [0.5, 0.6) is 0 Å². The molecule has 3 heterocycles. The van der Waals surface area contributed by atoms with E-state index in [4.69, 9.17) is 0 Å². The smallest absolute Gasteiger partial charge is 0.132 e. The van der Waals surface area contributed by atoms with Gasteiger partial charge in [-0.05, 0) is 25.0 Å². The largest absolute Gasteiger partial charge is 0.361 e. The van der Waals surface area contributed by atoms with Crippen molar-refractivity contribution < 1.29 is 0 Å². The Labute approximate surface area is 142 Å². The van der Waals surface area contributed by atoms with E-state index in [2.05, 4.69) is 68.3 Å². The first-order valence-corrected chi connectivity index (χ1v) is 8.49. The SMILES string of the molecule is Cc1cc(N(C)C2CCN(Cc3c[nH]c4ccccc34)C2)ncn1. The van der Waals surface area contributed by atoms with Crippen LogP contribution in [0.2, 0.25) is 0 Å². The second kappa shape index (κ2) is 6.24. The maximum absolute atomic E-state index is 4.42. The lowest BCUT2D eigenvalue weighted by Crippen LogP contribution is -2.35. The Morgan fingerprint density at radius 1 is 1.29 bits per heavy atom. The molecule has 0 spiro atoms. The van der Waals surface area contributed by atoms with Gasteiger partial charge in [-0.1, -0.05) is 18.2 Å². The predicted molar refractivity (Wildman–Crippen MR) is 97.2 cm³/mol. The number of hydrogen-bond donors (Lipinski definition) is 1.